The summed E-state index contributed by atoms with van der Waals surface area (Å²) in [6.07, 6.45) is -3.05. The minimum atomic E-state index is -4.95. The molecular formula is C26H18Cl3F3N2O2. The van der Waals surface area contributed by atoms with Crippen LogP contribution in [0.1, 0.15) is 27.9 Å². The van der Waals surface area contributed by atoms with E-state index in [1.165, 1.54) is 48.7 Å². The molecule has 1 amide bonds. The van der Waals surface area contributed by atoms with Gasteiger partial charge in [0.15, 0.2) is 5.78 Å². The van der Waals surface area contributed by atoms with Crippen molar-refractivity contribution in [2.75, 3.05) is 5.32 Å². The van der Waals surface area contributed by atoms with Gasteiger partial charge in [0.25, 0.3) is 5.91 Å². The molecule has 1 aliphatic rings. The first-order chi connectivity index (χ1) is 17.0. The molecule has 36 heavy (non-hydrogen) atoms. The second-order valence-corrected chi connectivity index (χ2v) is 9.41. The summed E-state index contributed by atoms with van der Waals surface area (Å²) < 4.78 is 43.7. The average Bonchev–Trinajstić information content (AvgIpc) is 3.27. The van der Waals surface area contributed by atoms with Crippen molar-refractivity contribution in [3.63, 3.8) is 0 Å². The van der Waals surface area contributed by atoms with Gasteiger partial charge in [-0.2, -0.15) is 13.2 Å². The average molecular weight is 554 g/mol. The summed E-state index contributed by atoms with van der Waals surface area (Å²) in [5.74, 6) is -1.82. The standard InChI is InChI=1S/C26H18Cl3F3N2O2/c27-18-8-10-22(19(14-18)23(35)17-5-2-1-3-6-17)33-24(36)25(26(30,31)32)11-4-12-34(25)15-16-7-9-20(28)21(29)13-16/h1-10,12-14H,11,15H2,(H,33,36)/t25-/m1/s1. The Kier molecular flexibility index (Phi) is 7.36. The van der Waals surface area contributed by atoms with E-state index in [1.54, 1.807) is 30.3 Å². The predicted molar refractivity (Wildman–Crippen MR) is 135 cm³/mol. The summed E-state index contributed by atoms with van der Waals surface area (Å²) in [7, 11) is 0. The summed E-state index contributed by atoms with van der Waals surface area (Å²) in [6, 6.07) is 16.6. The van der Waals surface area contributed by atoms with Crippen molar-refractivity contribution in [1.82, 2.24) is 4.90 Å². The van der Waals surface area contributed by atoms with Gasteiger partial charge in [-0.1, -0.05) is 77.3 Å². The van der Waals surface area contributed by atoms with E-state index < -0.39 is 29.8 Å². The number of rotatable bonds is 6. The molecule has 186 valence electrons. The van der Waals surface area contributed by atoms with Gasteiger partial charge in [0.05, 0.1) is 15.7 Å². The Morgan fingerprint density at radius 1 is 0.944 bits per heavy atom. The fraction of sp³-hybridized carbons (Fsp3) is 0.154. The zero-order valence-corrected chi connectivity index (χ0v) is 20.7. The van der Waals surface area contributed by atoms with E-state index in [0.29, 0.717) is 11.1 Å². The zero-order chi connectivity index (χ0) is 26.1. The van der Waals surface area contributed by atoms with Gasteiger partial charge in [-0.3, -0.25) is 9.59 Å². The number of amides is 1. The largest absolute Gasteiger partial charge is 0.421 e. The highest BCUT2D eigenvalue weighted by Gasteiger charge is 2.64. The lowest BCUT2D eigenvalue weighted by atomic mass is 9.92. The minimum Gasteiger partial charge on any atom is -0.352 e. The van der Waals surface area contributed by atoms with Crippen LogP contribution in [0.2, 0.25) is 15.1 Å². The van der Waals surface area contributed by atoms with Crippen molar-refractivity contribution in [2.45, 2.75) is 24.7 Å². The number of alkyl halides is 3. The third-order valence-electron chi connectivity index (χ3n) is 5.88. The highest BCUT2D eigenvalue weighted by Crippen LogP contribution is 2.44. The van der Waals surface area contributed by atoms with Crippen LogP contribution in [0, 0.1) is 0 Å². The molecule has 0 saturated heterocycles. The van der Waals surface area contributed by atoms with Gasteiger partial charge in [0.2, 0.25) is 5.54 Å². The molecule has 0 aromatic heterocycles. The molecule has 1 N–H and O–H groups in total. The van der Waals surface area contributed by atoms with E-state index in [1.807, 2.05) is 0 Å². The van der Waals surface area contributed by atoms with Gasteiger partial charge in [-0.25, -0.2) is 0 Å². The van der Waals surface area contributed by atoms with E-state index in [-0.39, 0.29) is 32.9 Å². The smallest absolute Gasteiger partial charge is 0.352 e. The van der Waals surface area contributed by atoms with Crippen LogP contribution in [0.15, 0.2) is 79.0 Å². The molecule has 1 heterocycles. The molecule has 0 saturated carbocycles. The Morgan fingerprint density at radius 3 is 2.33 bits per heavy atom. The van der Waals surface area contributed by atoms with Crippen molar-refractivity contribution in [3.8, 4) is 0 Å². The molecule has 1 atom stereocenters. The van der Waals surface area contributed by atoms with Crippen LogP contribution in [-0.4, -0.2) is 28.3 Å². The monoisotopic (exact) mass is 552 g/mol. The van der Waals surface area contributed by atoms with E-state index in [9.17, 15) is 22.8 Å². The number of carbonyl (C=O) groups is 2. The maximum Gasteiger partial charge on any atom is 0.421 e. The number of anilines is 1. The summed E-state index contributed by atoms with van der Waals surface area (Å²) in [5, 5.41) is 2.99. The quantitative estimate of drug-likeness (QED) is 0.321. The van der Waals surface area contributed by atoms with Crippen molar-refractivity contribution in [2.24, 2.45) is 0 Å². The molecule has 3 aromatic rings. The van der Waals surface area contributed by atoms with Gasteiger partial charge in [-0.05, 0) is 42.1 Å². The first-order valence-corrected chi connectivity index (χ1v) is 11.8. The molecule has 3 aromatic carbocycles. The van der Waals surface area contributed by atoms with Crippen molar-refractivity contribution < 1.29 is 22.8 Å². The van der Waals surface area contributed by atoms with Crippen LogP contribution in [0.4, 0.5) is 18.9 Å². The van der Waals surface area contributed by atoms with Crippen LogP contribution in [-0.2, 0) is 11.3 Å². The van der Waals surface area contributed by atoms with Gasteiger partial charge in [-0.15, -0.1) is 0 Å². The minimum absolute atomic E-state index is 0.0265. The molecule has 0 spiro atoms. The highest BCUT2D eigenvalue weighted by atomic mass is 35.5. The second-order valence-electron chi connectivity index (χ2n) is 8.16. The van der Waals surface area contributed by atoms with Crippen LogP contribution >= 0.6 is 34.8 Å². The van der Waals surface area contributed by atoms with E-state index in [4.69, 9.17) is 34.8 Å². The number of ketones is 1. The highest BCUT2D eigenvalue weighted by molar-refractivity contribution is 6.42. The van der Waals surface area contributed by atoms with Crippen molar-refractivity contribution >= 4 is 52.2 Å². The SMILES string of the molecule is O=C(c1ccccc1)c1cc(Cl)ccc1NC(=O)[C@@]1(C(F)(F)F)CC=CN1Cc1ccc(Cl)c(Cl)c1. The first kappa shape index (κ1) is 26.1. The topological polar surface area (TPSA) is 49.4 Å². The number of halogens is 6. The van der Waals surface area contributed by atoms with E-state index in [2.05, 4.69) is 5.32 Å². The fourth-order valence-electron chi connectivity index (χ4n) is 4.03. The molecule has 4 rings (SSSR count). The van der Waals surface area contributed by atoms with Crippen LogP contribution in [0.25, 0.3) is 0 Å². The number of benzene rings is 3. The Morgan fingerprint density at radius 2 is 1.67 bits per heavy atom. The molecule has 0 aliphatic carbocycles. The van der Waals surface area contributed by atoms with Crippen molar-refractivity contribution in [1.29, 1.82) is 0 Å². The predicted octanol–water partition coefficient (Wildman–Crippen LogP) is 7.54. The fourth-order valence-corrected chi connectivity index (χ4v) is 4.52. The third kappa shape index (κ3) is 4.96. The molecule has 0 radical (unpaired) electrons. The van der Waals surface area contributed by atoms with Gasteiger partial charge in [0.1, 0.15) is 0 Å². The van der Waals surface area contributed by atoms with Gasteiger partial charge < -0.3 is 10.2 Å². The molecule has 0 unspecified atom stereocenters. The Hall–Kier alpha value is -3.00. The number of carbonyl (C=O) groups excluding carboxylic acids is 2. The lowest BCUT2D eigenvalue weighted by molar-refractivity contribution is -0.217. The summed E-state index contributed by atoms with van der Waals surface area (Å²) in [5.41, 5.74) is -2.29. The zero-order valence-electron chi connectivity index (χ0n) is 18.5. The van der Waals surface area contributed by atoms with Gasteiger partial charge >= 0.3 is 6.18 Å². The number of nitrogens with one attached hydrogen (secondary N) is 1. The summed E-state index contributed by atoms with van der Waals surface area (Å²) >= 11 is 18.0. The normalized spacial score (nSPS) is 17.3. The summed E-state index contributed by atoms with van der Waals surface area (Å²) in [4.78, 5) is 27.4. The van der Waals surface area contributed by atoms with E-state index >= 15 is 0 Å². The molecule has 1 aliphatic heterocycles. The lowest BCUT2D eigenvalue weighted by Crippen LogP contribution is -2.62. The van der Waals surface area contributed by atoms with E-state index in [0.717, 1.165) is 4.90 Å². The maximum absolute atomic E-state index is 14.6. The van der Waals surface area contributed by atoms with Crippen molar-refractivity contribution in [3.05, 3.63) is 111 Å². The Balaban J connectivity index is 1.69. The van der Waals surface area contributed by atoms with Crippen LogP contribution in [0.3, 0.4) is 0 Å². The number of hydrogen-bond acceptors (Lipinski definition) is 3. The summed E-state index contributed by atoms with van der Waals surface area (Å²) in [6.45, 7) is -0.253. The number of hydrogen-bond donors (Lipinski definition) is 1. The molecular weight excluding hydrogens is 536 g/mol. The number of nitrogens with zero attached hydrogens (tertiary/aromatic N) is 1. The van der Waals surface area contributed by atoms with Crippen LogP contribution in [0.5, 0.6) is 0 Å². The molecule has 10 heteroatoms. The Labute approximate surface area is 220 Å². The molecule has 4 nitrogen and oxygen atoms in total. The lowest BCUT2D eigenvalue weighted by Gasteiger charge is -2.39. The third-order valence-corrected chi connectivity index (χ3v) is 6.85. The molecule has 0 fully saturated rings. The second kappa shape index (κ2) is 10.2. The maximum atomic E-state index is 14.6. The Bertz CT molecular complexity index is 1350. The van der Waals surface area contributed by atoms with Crippen LogP contribution < -0.4 is 5.32 Å². The first-order valence-electron chi connectivity index (χ1n) is 10.7. The molecule has 0 bridgehead atoms. The van der Waals surface area contributed by atoms with Gasteiger partial charge in [0, 0.05) is 29.1 Å².